The van der Waals surface area contributed by atoms with Crippen molar-refractivity contribution in [1.29, 1.82) is 0 Å². The summed E-state index contributed by atoms with van der Waals surface area (Å²) >= 11 is 5.91. The SMILES string of the molecule is CC(C)(C(=O)N1CCC(CN)CC1)c1ccc(Cl)cc1. The zero-order valence-electron chi connectivity index (χ0n) is 12.2. The molecule has 0 atom stereocenters. The Morgan fingerprint density at radius 1 is 1.30 bits per heavy atom. The van der Waals surface area contributed by atoms with Gasteiger partial charge in [0.2, 0.25) is 5.91 Å². The van der Waals surface area contributed by atoms with Gasteiger partial charge in [0.25, 0.3) is 0 Å². The minimum absolute atomic E-state index is 0.190. The van der Waals surface area contributed by atoms with Gasteiger partial charge in [0.15, 0.2) is 0 Å². The second-order valence-corrected chi connectivity index (χ2v) is 6.54. The van der Waals surface area contributed by atoms with E-state index < -0.39 is 5.41 Å². The van der Waals surface area contributed by atoms with Gasteiger partial charge in [-0.25, -0.2) is 0 Å². The van der Waals surface area contributed by atoms with E-state index in [1.165, 1.54) is 0 Å². The molecule has 0 unspecified atom stereocenters. The van der Waals surface area contributed by atoms with Crippen LogP contribution < -0.4 is 5.73 Å². The first-order valence-corrected chi connectivity index (χ1v) is 7.58. The second-order valence-electron chi connectivity index (χ2n) is 6.10. The summed E-state index contributed by atoms with van der Waals surface area (Å²) in [4.78, 5) is 14.7. The number of rotatable bonds is 3. The summed E-state index contributed by atoms with van der Waals surface area (Å²) in [6, 6.07) is 7.55. The topological polar surface area (TPSA) is 46.3 Å². The Morgan fingerprint density at radius 3 is 2.35 bits per heavy atom. The number of carbonyl (C=O) groups excluding carboxylic acids is 1. The highest BCUT2D eigenvalue weighted by Crippen LogP contribution is 2.29. The first-order valence-electron chi connectivity index (χ1n) is 7.20. The molecule has 1 aliphatic rings. The normalized spacial score (nSPS) is 17.3. The van der Waals surface area contributed by atoms with Gasteiger partial charge >= 0.3 is 0 Å². The molecule has 0 aromatic heterocycles. The molecule has 0 bridgehead atoms. The van der Waals surface area contributed by atoms with Crippen molar-refractivity contribution in [1.82, 2.24) is 4.90 Å². The van der Waals surface area contributed by atoms with Crippen LogP contribution >= 0.6 is 11.6 Å². The molecule has 1 fully saturated rings. The summed E-state index contributed by atoms with van der Waals surface area (Å²) in [7, 11) is 0. The summed E-state index contributed by atoms with van der Waals surface area (Å²) in [5, 5.41) is 0.695. The van der Waals surface area contributed by atoms with E-state index in [4.69, 9.17) is 17.3 Å². The van der Waals surface area contributed by atoms with Crippen molar-refractivity contribution in [2.75, 3.05) is 19.6 Å². The van der Waals surface area contributed by atoms with Gasteiger partial charge in [0, 0.05) is 18.1 Å². The van der Waals surface area contributed by atoms with Crippen LogP contribution in [0.25, 0.3) is 0 Å². The van der Waals surface area contributed by atoms with E-state index >= 15 is 0 Å². The van der Waals surface area contributed by atoms with Gasteiger partial charge in [0.05, 0.1) is 5.41 Å². The zero-order valence-corrected chi connectivity index (χ0v) is 13.0. The van der Waals surface area contributed by atoms with E-state index in [2.05, 4.69) is 0 Å². The fourth-order valence-corrected chi connectivity index (χ4v) is 2.88. The highest BCUT2D eigenvalue weighted by Gasteiger charge is 2.35. The molecule has 1 aromatic rings. The number of carbonyl (C=O) groups is 1. The molecule has 20 heavy (non-hydrogen) atoms. The minimum Gasteiger partial charge on any atom is -0.342 e. The third-order valence-electron chi connectivity index (χ3n) is 4.34. The van der Waals surface area contributed by atoms with Crippen molar-refractivity contribution in [3.63, 3.8) is 0 Å². The third-order valence-corrected chi connectivity index (χ3v) is 4.59. The number of benzene rings is 1. The Kier molecular flexibility index (Phi) is 4.71. The second kappa shape index (κ2) is 6.15. The number of likely N-dealkylation sites (tertiary alicyclic amines) is 1. The fourth-order valence-electron chi connectivity index (χ4n) is 2.76. The lowest BCUT2D eigenvalue weighted by Gasteiger charge is -2.37. The molecule has 0 spiro atoms. The fraction of sp³-hybridized carbons (Fsp3) is 0.562. The molecule has 1 heterocycles. The predicted molar refractivity (Wildman–Crippen MR) is 82.8 cm³/mol. The first-order chi connectivity index (χ1) is 9.45. The van der Waals surface area contributed by atoms with Crippen LogP contribution in [0.4, 0.5) is 0 Å². The highest BCUT2D eigenvalue weighted by atomic mass is 35.5. The lowest BCUT2D eigenvalue weighted by Crippen LogP contribution is -2.47. The average Bonchev–Trinajstić information content (AvgIpc) is 2.47. The third kappa shape index (κ3) is 3.15. The number of piperidine rings is 1. The lowest BCUT2D eigenvalue weighted by molar-refractivity contribution is -0.137. The van der Waals surface area contributed by atoms with Crippen molar-refractivity contribution in [3.05, 3.63) is 34.9 Å². The molecule has 1 amide bonds. The van der Waals surface area contributed by atoms with Crippen molar-refractivity contribution in [2.45, 2.75) is 32.1 Å². The molecule has 2 N–H and O–H groups in total. The maximum Gasteiger partial charge on any atom is 0.232 e. The Morgan fingerprint density at radius 2 is 1.85 bits per heavy atom. The molecule has 0 aliphatic carbocycles. The summed E-state index contributed by atoms with van der Waals surface area (Å²) in [6.07, 6.45) is 2.03. The van der Waals surface area contributed by atoms with Gasteiger partial charge in [-0.05, 0) is 56.8 Å². The van der Waals surface area contributed by atoms with Crippen molar-refractivity contribution in [2.24, 2.45) is 11.7 Å². The van der Waals surface area contributed by atoms with E-state index in [1.807, 2.05) is 43.0 Å². The van der Waals surface area contributed by atoms with Crippen LogP contribution in [0.1, 0.15) is 32.3 Å². The van der Waals surface area contributed by atoms with Gasteiger partial charge < -0.3 is 10.6 Å². The van der Waals surface area contributed by atoms with Gasteiger partial charge in [-0.1, -0.05) is 23.7 Å². The molecule has 1 aromatic carbocycles. The molecule has 3 nitrogen and oxygen atoms in total. The number of hydrogen-bond donors (Lipinski definition) is 1. The van der Waals surface area contributed by atoms with E-state index in [9.17, 15) is 4.79 Å². The van der Waals surface area contributed by atoms with Crippen molar-refractivity contribution < 1.29 is 4.79 Å². The Labute approximate surface area is 126 Å². The van der Waals surface area contributed by atoms with Crippen LogP contribution in [0.5, 0.6) is 0 Å². The molecule has 1 saturated heterocycles. The molecule has 2 rings (SSSR count). The van der Waals surface area contributed by atoms with Gasteiger partial charge in [0.1, 0.15) is 0 Å². The van der Waals surface area contributed by atoms with Crippen LogP contribution in [-0.4, -0.2) is 30.4 Å². The molecule has 0 saturated carbocycles. The Bertz CT molecular complexity index is 462. The van der Waals surface area contributed by atoms with Gasteiger partial charge in [-0.2, -0.15) is 0 Å². The maximum absolute atomic E-state index is 12.8. The Balaban J connectivity index is 2.09. The maximum atomic E-state index is 12.8. The van der Waals surface area contributed by atoms with E-state index in [1.54, 1.807) is 0 Å². The summed E-state index contributed by atoms with van der Waals surface area (Å²) < 4.78 is 0. The minimum atomic E-state index is -0.514. The van der Waals surface area contributed by atoms with Crippen molar-refractivity contribution in [3.8, 4) is 0 Å². The number of hydrogen-bond acceptors (Lipinski definition) is 2. The van der Waals surface area contributed by atoms with Crippen LogP contribution in [0.2, 0.25) is 5.02 Å². The predicted octanol–water partition coefficient (Wildman–Crippen LogP) is 2.81. The largest absolute Gasteiger partial charge is 0.342 e. The van der Waals surface area contributed by atoms with E-state index in [-0.39, 0.29) is 5.91 Å². The van der Waals surface area contributed by atoms with Crippen LogP contribution in [0.15, 0.2) is 24.3 Å². The standard InChI is InChI=1S/C16H23ClN2O/c1-16(2,13-3-5-14(17)6-4-13)15(20)19-9-7-12(11-18)8-10-19/h3-6,12H,7-11,18H2,1-2H3. The number of nitrogens with two attached hydrogens (primary N) is 1. The van der Waals surface area contributed by atoms with E-state index in [0.29, 0.717) is 10.9 Å². The molecular formula is C16H23ClN2O. The van der Waals surface area contributed by atoms with Crippen LogP contribution in [-0.2, 0) is 10.2 Å². The average molecular weight is 295 g/mol. The monoisotopic (exact) mass is 294 g/mol. The first kappa shape index (κ1) is 15.3. The number of halogens is 1. The summed E-state index contributed by atoms with van der Waals surface area (Å²) in [6.45, 7) is 6.32. The molecule has 0 radical (unpaired) electrons. The smallest absolute Gasteiger partial charge is 0.232 e. The lowest BCUT2D eigenvalue weighted by atomic mass is 9.82. The zero-order chi connectivity index (χ0) is 14.8. The van der Waals surface area contributed by atoms with Gasteiger partial charge in [-0.15, -0.1) is 0 Å². The molecule has 4 heteroatoms. The molecular weight excluding hydrogens is 272 g/mol. The highest BCUT2D eigenvalue weighted by molar-refractivity contribution is 6.30. The summed E-state index contributed by atoms with van der Waals surface area (Å²) in [5.74, 6) is 0.757. The quantitative estimate of drug-likeness (QED) is 0.932. The van der Waals surface area contributed by atoms with Gasteiger partial charge in [-0.3, -0.25) is 4.79 Å². The Hall–Kier alpha value is -1.06. The summed E-state index contributed by atoms with van der Waals surface area (Å²) in [5.41, 5.74) is 6.19. The van der Waals surface area contributed by atoms with Crippen LogP contribution in [0.3, 0.4) is 0 Å². The number of nitrogens with zero attached hydrogens (tertiary/aromatic N) is 1. The van der Waals surface area contributed by atoms with Crippen LogP contribution in [0, 0.1) is 5.92 Å². The van der Waals surface area contributed by atoms with Crippen molar-refractivity contribution >= 4 is 17.5 Å². The molecule has 110 valence electrons. The number of amides is 1. The van der Waals surface area contributed by atoms with E-state index in [0.717, 1.165) is 38.0 Å². The molecule has 1 aliphatic heterocycles.